The Balaban J connectivity index is 1.97. The summed E-state index contributed by atoms with van der Waals surface area (Å²) in [7, 11) is 0. The highest BCUT2D eigenvalue weighted by molar-refractivity contribution is 5.98. The van der Waals surface area contributed by atoms with Gasteiger partial charge in [0.2, 0.25) is 5.91 Å². The molecule has 0 bridgehead atoms. The molecule has 2 rings (SSSR count). The fourth-order valence-corrected chi connectivity index (χ4v) is 2.39. The molecule has 0 aromatic heterocycles. The smallest absolute Gasteiger partial charge is 0.234 e. The summed E-state index contributed by atoms with van der Waals surface area (Å²) < 4.78 is 5.44. The van der Waals surface area contributed by atoms with Crippen molar-refractivity contribution in [1.82, 2.24) is 10.2 Å². The van der Waals surface area contributed by atoms with Crippen LogP contribution in [0.15, 0.2) is 18.2 Å². The van der Waals surface area contributed by atoms with Crippen molar-refractivity contribution in [1.29, 1.82) is 0 Å². The summed E-state index contributed by atoms with van der Waals surface area (Å²) in [5.41, 5.74) is 1.78. The Hall–Kier alpha value is -1.88. The fraction of sp³-hybridized carbons (Fsp3) is 0.500. The zero-order valence-corrected chi connectivity index (χ0v) is 12.6. The molecule has 1 aliphatic rings. The molecule has 21 heavy (non-hydrogen) atoms. The van der Waals surface area contributed by atoms with E-state index in [1.807, 2.05) is 30.9 Å². The predicted molar refractivity (Wildman–Crippen MR) is 80.8 cm³/mol. The van der Waals surface area contributed by atoms with Crippen molar-refractivity contribution < 1.29 is 14.3 Å². The number of Topliss-reactive ketones (excluding diaryl/α,β-unsaturated/α-hetero) is 1. The van der Waals surface area contributed by atoms with Crippen molar-refractivity contribution >= 4 is 11.7 Å². The van der Waals surface area contributed by atoms with E-state index in [2.05, 4.69) is 5.32 Å². The van der Waals surface area contributed by atoms with E-state index in [1.165, 1.54) is 0 Å². The number of fused-ring (bicyclic) bond motifs is 1. The van der Waals surface area contributed by atoms with Crippen molar-refractivity contribution in [2.75, 3.05) is 32.8 Å². The summed E-state index contributed by atoms with van der Waals surface area (Å²) in [5, 5.41) is 2.75. The lowest BCUT2D eigenvalue weighted by molar-refractivity contribution is -0.121. The Labute approximate surface area is 125 Å². The number of hydrogen-bond acceptors (Lipinski definition) is 4. The number of benzene rings is 1. The SMILES string of the molecule is CCNC(=O)CN(CC)CC(=O)c1ccc2c(c1)CCO2. The Morgan fingerprint density at radius 3 is 2.81 bits per heavy atom. The third-order valence-corrected chi connectivity index (χ3v) is 3.57. The van der Waals surface area contributed by atoms with Crippen molar-refractivity contribution in [3.05, 3.63) is 29.3 Å². The van der Waals surface area contributed by atoms with Crippen molar-refractivity contribution in [3.8, 4) is 5.75 Å². The van der Waals surface area contributed by atoms with E-state index in [9.17, 15) is 9.59 Å². The van der Waals surface area contributed by atoms with Gasteiger partial charge in [0.05, 0.1) is 19.7 Å². The van der Waals surface area contributed by atoms with Crippen LogP contribution in [0.2, 0.25) is 0 Å². The van der Waals surface area contributed by atoms with Gasteiger partial charge in [-0.15, -0.1) is 0 Å². The average Bonchev–Trinajstić information content (AvgIpc) is 2.93. The highest BCUT2D eigenvalue weighted by Gasteiger charge is 2.17. The molecular formula is C16H22N2O3. The third-order valence-electron chi connectivity index (χ3n) is 3.57. The normalized spacial score (nSPS) is 12.9. The van der Waals surface area contributed by atoms with Crippen molar-refractivity contribution in [2.45, 2.75) is 20.3 Å². The molecule has 0 atom stereocenters. The number of ether oxygens (including phenoxy) is 1. The summed E-state index contributed by atoms with van der Waals surface area (Å²) in [5.74, 6) is 0.867. The summed E-state index contributed by atoms with van der Waals surface area (Å²) >= 11 is 0. The number of likely N-dealkylation sites (N-methyl/N-ethyl adjacent to an activating group) is 2. The van der Waals surface area contributed by atoms with Crippen LogP contribution < -0.4 is 10.1 Å². The second-order valence-electron chi connectivity index (χ2n) is 5.10. The van der Waals surface area contributed by atoms with Gasteiger partial charge in [-0.2, -0.15) is 0 Å². The third kappa shape index (κ3) is 4.04. The van der Waals surface area contributed by atoms with Crippen LogP contribution >= 0.6 is 0 Å². The van der Waals surface area contributed by atoms with E-state index >= 15 is 0 Å². The van der Waals surface area contributed by atoms with E-state index in [-0.39, 0.29) is 24.8 Å². The number of nitrogens with one attached hydrogen (secondary N) is 1. The van der Waals surface area contributed by atoms with Gasteiger partial charge in [0.1, 0.15) is 5.75 Å². The molecule has 0 fully saturated rings. The standard InChI is InChI=1S/C16H22N2O3/c1-3-17-16(20)11-18(4-2)10-14(19)12-5-6-15-13(9-12)7-8-21-15/h5-6,9H,3-4,7-8,10-11H2,1-2H3,(H,17,20). The number of nitrogens with zero attached hydrogens (tertiary/aromatic N) is 1. The molecule has 1 heterocycles. The topological polar surface area (TPSA) is 58.6 Å². The van der Waals surface area contributed by atoms with Crippen LogP contribution in [-0.4, -0.2) is 49.4 Å². The van der Waals surface area contributed by atoms with Gasteiger partial charge in [0.15, 0.2) is 5.78 Å². The number of ketones is 1. The Morgan fingerprint density at radius 2 is 2.10 bits per heavy atom. The second kappa shape index (κ2) is 7.22. The monoisotopic (exact) mass is 290 g/mol. The van der Waals surface area contributed by atoms with Gasteiger partial charge in [0.25, 0.3) is 0 Å². The zero-order chi connectivity index (χ0) is 15.2. The van der Waals surface area contributed by atoms with Crippen molar-refractivity contribution in [3.63, 3.8) is 0 Å². The average molecular weight is 290 g/mol. The molecule has 1 aliphatic heterocycles. The van der Waals surface area contributed by atoms with Crippen LogP contribution in [0.25, 0.3) is 0 Å². The minimum absolute atomic E-state index is 0.0378. The highest BCUT2D eigenvalue weighted by atomic mass is 16.5. The largest absolute Gasteiger partial charge is 0.493 e. The van der Waals surface area contributed by atoms with Crippen LogP contribution in [0.1, 0.15) is 29.8 Å². The quantitative estimate of drug-likeness (QED) is 0.768. The first kappa shape index (κ1) is 15.5. The van der Waals surface area contributed by atoms with E-state index in [0.717, 1.165) is 17.7 Å². The Morgan fingerprint density at radius 1 is 1.29 bits per heavy atom. The van der Waals surface area contributed by atoms with E-state index in [0.29, 0.717) is 25.3 Å². The van der Waals surface area contributed by atoms with E-state index in [1.54, 1.807) is 6.07 Å². The molecule has 5 heteroatoms. The lowest BCUT2D eigenvalue weighted by atomic mass is 10.1. The molecule has 114 valence electrons. The van der Waals surface area contributed by atoms with Crippen LogP contribution in [0.5, 0.6) is 5.75 Å². The molecule has 0 radical (unpaired) electrons. The molecule has 1 amide bonds. The number of carbonyl (C=O) groups excluding carboxylic acids is 2. The first-order valence-corrected chi connectivity index (χ1v) is 7.42. The molecule has 0 saturated heterocycles. The summed E-state index contributed by atoms with van der Waals surface area (Å²) in [4.78, 5) is 25.8. The van der Waals surface area contributed by atoms with Crippen LogP contribution in [0, 0.1) is 0 Å². The summed E-state index contributed by atoms with van der Waals surface area (Å²) in [6.07, 6.45) is 0.854. The van der Waals surface area contributed by atoms with Crippen LogP contribution in [-0.2, 0) is 11.2 Å². The molecule has 0 aliphatic carbocycles. The predicted octanol–water partition coefficient (Wildman–Crippen LogP) is 1.26. The maximum absolute atomic E-state index is 12.3. The Kier molecular flexibility index (Phi) is 5.33. The van der Waals surface area contributed by atoms with Gasteiger partial charge < -0.3 is 10.1 Å². The van der Waals surface area contributed by atoms with E-state index in [4.69, 9.17) is 4.74 Å². The van der Waals surface area contributed by atoms with E-state index < -0.39 is 0 Å². The first-order valence-electron chi connectivity index (χ1n) is 7.42. The minimum atomic E-state index is -0.0468. The first-order chi connectivity index (χ1) is 10.1. The van der Waals surface area contributed by atoms with Gasteiger partial charge in [-0.1, -0.05) is 6.92 Å². The molecule has 1 aromatic carbocycles. The number of carbonyl (C=O) groups is 2. The molecule has 0 unspecified atom stereocenters. The summed E-state index contributed by atoms with van der Waals surface area (Å²) in [6.45, 7) is 6.30. The lowest BCUT2D eigenvalue weighted by Gasteiger charge is -2.18. The number of hydrogen-bond donors (Lipinski definition) is 1. The molecular weight excluding hydrogens is 268 g/mol. The maximum Gasteiger partial charge on any atom is 0.234 e. The molecule has 5 nitrogen and oxygen atoms in total. The van der Waals surface area contributed by atoms with Gasteiger partial charge in [-0.3, -0.25) is 14.5 Å². The zero-order valence-electron chi connectivity index (χ0n) is 12.6. The fourth-order valence-electron chi connectivity index (χ4n) is 2.39. The van der Waals surface area contributed by atoms with Crippen molar-refractivity contribution in [2.24, 2.45) is 0 Å². The highest BCUT2D eigenvalue weighted by Crippen LogP contribution is 2.26. The van der Waals surface area contributed by atoms with Crippen LogP contribution in [0.3, 0.4) is 0 Å². The molecule has 0 saturated carbocycles. The molecule has 0 spiro atoms. The molecule has 1 N–H and O–H groups in total. The van der Waals surface area contributed by atoms with Gasteiger partial charge in [0, 0.05) is 18.5 Å². The number of rotatable bonds is 7. The number of amides is 1. The van der Waals surface area contributed by atoms with Gasteiger partial charge in [-0.25, -0.2) is 0 Å². The Bertz CT molecular complexity index is 528. The van der Waals surface area contributed by atoms with Crippen LogP contribution in [0.4, 0.5) is 0 Å². The van der Waals surface area contributed by atoms with Gasteiger partial charge >= 0.3 is 0 Å². The maximum atomic E-state index is 12.3. The minimum Gasteiger partial charge on any atom is -0.493 e. The molecule has 1 aromatic rings. The summed E-state index contributed by atoms with van der Waals surface area (Å²) in [6, 6.07) is 5.56. The lowest BCUT2D eigenvalue weighted by Crippen LogP contribution is -2.39. The van der Waals surface area contributed by atoms with Gasteiger partial charge in [-0.05, 0) is 37.2 Å². The second-order valence-corrected chi connectivity index (χ2v) is 5.10.